The van der Waals surface area contributed by atoms with E-state index in [1.165, 1.54) is 30.1 Å². The number of nitrogens with one attached hydrogen (secondary N) is 1. The van der Waals surface area contributed by atoms with Crippen molar-refractivity contribution < 1.29 is 9.18 Å². The number of hydrogen-bond donors (Lipinski definition) is 1. The Balaban J connectivity index is 1.53. The van der Waals surface area contributed by atoms with Gasteiger partial charge < -0.3 is 5.32 Å². The van der Waals surface area contributed by atoms with Crippen LogP contribution in [0.5, 0.6) is 0 Å². The molecule has 0 bridgehead atoms. The number of hydrogen-bond acceptors (Lipinski definition) is 3. The predicted octanol–water partition coefficient (Wildman–Crippen LogP) is 3.07. The average molecular weight is 299 g/mol. The van der Waals surface area contributed by atoms with Crippen LogP contribution in [0.1, 0.15) is 47.5 Å². The first-order valence-electron chi connectivity index (χ1n) is 7.55. The zero-order valence-corrected chi connectivity index (χ0v) is 12.2. The fourth-order valence-electron chi connectivity index (χ4n) is 3.00. The summed E-state index contributed by atoms with van der Waals surface area (Å²) in [7, 11) is 0. The molecule has 1 aromatic carbocycles. The number of nitrogens with zero attached hydrogens (tertiary/aromatic N) is 2. The van der Waals surface area contributed by atoms with Crippen molar-refractivity contribution >= 4 is 5.91 Å². The second kappa shape index (κ2) is 6.64. The molecule has 22 heavy (non-hydrogen) atoms. The monoisotopic (exact) mass is 299 g/mol. The van der Waals surface area contributed by atoms with Crippen LogP contribution < -0.4 is 5.32 Å². The summed E-state index contributed by atoms with van der Waals surface area (Å²) in [5.74, 6) is 0.159. The fraction of sp³-hybridized carbons (Fsp3) is 0.353. The van der Waals surface area contributed by atoms with E-state index in [2.05, 4.69) is 15.5 Å². The van der Waals surface area contributed by atoms with Gasteiger partial charge in [-0.25, -0.2) is 4.39 Å². The molecule has 4 nitrogen and oxygen atoms in total. The summed E-state index contributed by atoms with van der Waals surface area (Å²) in [6.07, 6.45) is 6.87. The Morgan fingerprint density at radius 3 is 2.41 bits per heavy atom. The molecule has 1 amide bonds. The number of halogens is 1. The summed E-state index contributed by atoms with van der Waals surface area (Å²) in [6.45, 7) is 0. The minimum atomic E-state index is -0.198. The maximum Gasteiger partial charge on any atom is 0.253 e. The zero-order chi connectivity index (χ0) is 15.4. The van der Waals surface area contributed by atoms with Gasteiger partial charge in [0.05, 0.1) is 18.0 Å². The maximum atomic E-state index is 13.0. The summed E-state index contributed by atoms with van der Waals surface area (Å²) in [5, 5.41) is 10.4. The van der Waals surface area contributed by atoms with Crippen LogP contribution in [0.15, 0.2) is 42.7 Å². The van der Waals surface area contributed by atoms with E-state index in [1.807, 2.05) is 12.1 Å². The van der Waals surface area contributed by atoms with E-state index in [0.717, 1.165) is 25.7 Å². The summed E-state index contributed by atoms with van der Waals surface area (Å²) in [5.41, 5.74) is 1.72. The van der Waals surface area contributed by atoms with Crippen molar-refractivity contribution in [1.29, 1.82) is 0 Å². The molecule has 1 fully saturated rings. The highest BCUT2D eigenvalue weighted by Crippen LogP contribution is 2.32. The minimum Gasteiger partial charge on any atom is -0.349 e. The molecular weight excluding hydrogens is 281 g/mol. The molecule has 1 heterocycles. The van der Waals surface area contributed by atoms with E-state index >= 15 is 0 Å². The minimum absolute atomic E-state index is 0.0971. The van der Waals surface area contributed by atoms with Gasteiger partial charge in [0, 0.05) is 6.04 Å². The molecule has 5 heteroatoms. The Labute approximate surface area is 128 Å². The topological polar surface area (TPSA) is 54.9 Å². The van der Waals surface area contributed by atoms with Crippen molar-refractivity contribution in [2.45, 2.75) is 37.6 Å². The van der Waals surface area contributed by atoms with Crippen LogP contribution in [0.4, 0.5) is 4.39 Å². The van der Waals surface area contributed by atoms with E-state index in [4.69, 9.17) is 0 Å². The van der Waals surface area contributed by atoms with Crippen molar-refractivity contribution in [3.8, 4) is 0 Å². The lowest BCUT2D eigenvalue weighted by molar-refractivity contribution is 0.0925. The molecule has 0 radical (unpaired) electrons. The number of aromatic nitrogens is 2. The first-order chi connectivity index (χ1) is 10.7. The number of carbonyl (C=O) groups excluding carboxylic acids is 1. The lowest BCUT2D eigenvalue weighted by atomic mass is 9.81. The van der Waals surface area contributed by atoms with Gasteiger partial charge in [-0.1, -0.05) is 12.1 Å². The van der Waals surface area contributed by atoms with Crippen molar-refractivity contribution in [2.75, 3.05) is 0 Å². The molecule has 3 rings (SSSR count). The van der Waals surface area contributed by atoms with Crippen molar-refractivity contribution in [3.05, 3.63) is 59.7 Å². The number of benzene rings is 1. The fourth-order valence-corrected chi connectivity index (χ4v) is 3.00. The molecule has 114 valence electrons. The van der Waals surface area contributed by atoms with Gasteiger partial charge >= 0.3 is 0 Å². The first kappa shape index (κ1) is 14.6. The summed E-state index contributed by atoms with van der Waals surface area (Å²) in [4.78, 5) is 12.1. The van der Waals surface area contributed by atoms with Crippen LogP contribution in [0, 0.1) is 5.82 Å². The molecule has 1 aliphatic rings. The van der Waals surface area contributed by atoms with Gasteiger partial charge in [0.25, 0.3) is 5.91 Å². The van der Waals surface area contributed by atoms with Crippen LogP contribution in [0.3, 0.4) is 0 Å². The van der Waals surface area contributed by atoms with Gasteiger partial charge in [0.1, 0.15) is 5.82 Å². The first-order valence-corrected chi connectivity index (χ1v) is 7.55. The molecule has 0 aliphatic heterocycles. The van der Waals surface area contributed by atoms with Crippen molar-refractivity contribution in [2.24, 2.45) is 0 Å². The lowest BCUT2D eigenvalue weighted by Gasteiger charge is -2.29. The largest absolute Gasteiger partial charge is 0.349 e. The van der Waals surface area contributed by atoms with Gasteiger partial charge in [-0.15, -0.1) is 0 Å². The van der Waals surface area contributed by atoms with E-state index in [0.29, 0.717) is 11.5 Å². The molecule has 2 aromatic rings. The third kappa shape index (κ3) is 3.47. The summed E-state index contributed by atoms with van der Waals surface area (Å²) in [6, 6.07) is 8.60. The molecule has 0 unspecified atom stereocenters. The highest BCUT2D eigenvalue weighted by Gasteiger charge is 2.23. The second-order valence-electron chi connectivity index (χ2n) is 5.70. The van der Waals surface area contributed by atoms with Crippen LogP contribution in [0.25, 0.3) is 0 Å². The Kier molecular flexibility index (Phi) is 4.42. The lowest BCUT2D eigenvalue weighted by Crippen LogP contribution is -2.37. The highest BCUT2D eigenvalue weighted by molar-refractivity contribution is 5.93. The Bertz CT molecular complexity index is 622. The third-order valence-electron chi connectivity index (χ3n) is 4.25. The van der Waals surface area contributed by atoms with E-state index in [1.54, 1.807) is 6.07 Å². The Morgan fingerprint density at radius 1 is 1.05 bits per heavy atom. The van der Waals surface area contributed by atoms with Crippen molar-refractivity contribution in [1.82, 2.24) is 15.5 Å². The average Bonchev–Trinajstić information content (AvgIpc) is 2.57. The van der Waals surface area contributed by atoms with E-state index in [-0.39, 0.29) is 17.8 Å². The summed E-state index contributed by atoms with van der Waals surface area (Å²) >= 11 is 0. The van der Waals surface area contributed by atoms with Gasteiger partial charge in [0.2, 0.25) is 0 Å². The molecule has 1 aromatic heterocycles. The van der Waals surface area contributed by atoms with Crippen molar-refractivity contribution in [3.63, 3.8) is 0 Å². The maximum absolute atomic E-state index is 13.0. The van der Waals surface area contributed by atoms with E-state index < -0.39 is 0 Å². The highest BCUT2D eigenvalue weighted by atomic mass is 19.1. The number of rotatable bonds is 3. The predicted molar refractivity (Wildman–Crippen MR) is 80.9 cm³/mol. The number of amides is 1. The van der Waals surface area contributed by atoms with Gasteiger partial charge in [-0.05, 0) is 55.4 Å². The molecule has 1 aliphatic carbocycles. The zero-order valence-electron chi connectivity index (χ0n) is 12.2. The quantitative estimate of drug-likeness (QED) is 0.947. The Hall–Kier alpha value is -2.30. The molecule has 0 spiro atoms. The third-order valence-corrected chi connectivity index (χ3v) is 4.25. The Morgan fingerprint density at radius 2 is 1.77 bits per heavy atom. The summed E-state index contributed by atoms with van der Waals surface area (Å²) < 4.78 is 13.0. The molecule has 1 saturated carbocycles. The van der Waals surface area contributed by atoms with Crippen LogP contribution in [-0.4, -0.2) is 22.1 Å². The second-order valence-corrected chi connectivity index (χ2v) is 5.70. The normalized spacial score (nSPS) is 21.3. The number of carbonyl (C=O) groups is 1. The molecule has 0 saturated heterocycles. The molecular formula is C17H18FN3O. The molecule has 0 atom stereocenters. The van der Waals surface area contributed by atoms with Crippen LogP contribution in [0.2, 0.25) is 0 Å². The van der Waals surface area contributed by atoms with Gasteiger partial charge in [-0.2, -0.15) is 10.2 Å². The van der Waals surface area contributed by atoms with Gasteiger partial charge in [-0.3, -0.25) is 4.79 Å². The van der Waals surface area contributed by atoms with E-state index in [9.17, 15) is 9.18 Å². The van der Waals surface area contributed by atoms with Crippen LogP contribution in [-0.2, 0) is 0 Å². The standard InChI is InChI=1S/C17H18FN3O/c18-15-5-1-12(2-6-15)13-3-7-16(8-4-13)21-17(22)14-9-10-19-20-11-14/h1-2,5-6,9-11,13,16H,3-4,7-8H2,(H,21,22). The van der Waals surface area contributed by atoms with Crippen LogP contribution >= 0.6 is 0 Å². The van der Waals surface area contributed by atoms with Gasteiger partial charge in [0.15, 0.2) is 0 Å². The smallest absolute Gasteiger partial charge is 0.253 e. The molecule has 1 N–H and O–H groups in total. The SMILES string of the molecule is O=C(NC1CCC(c2ccc(F)cc2)CC1)c1ccnnc1.